The molecule has 0 spiro atoms. The average Bonchev–Trinajstić information content (AvgIpc) is 2.62. The Kier molecular flexibility index (Phi) is 5.82. The summed E-state index contributed by atoms with van der Waals surface area (Å²) in [5.41, 5.74) is 1.56. The van der Waals surface area contributed by atoms with Crippen LogP contribution >= 0.6 is 27.5 Å². The lowest BCUT2D eigenvalue weighted by molar-refractivity contribution is -0.140. The fourth-order valence-electron chi connectivity index (χ4n) is 3.46. The van der Waals surface area contributed by atoms with E-state index in [1.54, 1.807) is 4.90 Å². The van der Waals surface area contributed by atoms with Crippen molar-refractivity contribution in [2.45, 2.75) is 24.8 Å². The molecule has 0 N–H and O–H groups in total. The molecule has 0 atom stereocenters. The second-order valence-electron chi connectivity index (χ2n) is 6.49. The van der Waals surface area contributed by atoms with E-state index in [0.717, 1.165) is 15.6 Å². The summed E-state index contributed by atoms with van der Waals surface area (Å²) in [5, 5.41) is 0.687. The zero-order valence-electron chi connectivity index (χ0n) is 14.2. The topological polar surface area (TPSA) is 29.5 Å². The van der Waals surface area contributed by atoms with E-state index in [-0.39, 0.29) is 5.91 Å². The summed E-state index contributed by atoms with van der Waals surface area (Å²) in [7, 11) is 1.86. The molecule has 1 aliphatic rings. The van der Waals surface area contributed by atoms with Crippen LogP contribution in [0.2, 0.25) is 5.02 Å². The number of likely N-dealkylation sites (N-methyl/N-ethyl adjacent to an activating group) is 1. The summed E-state index contributed by atoms with van der Waals surface area (Å²) in [6, 6.07) is 15.7. The lowest BCUT2D eigenvalue weighted by atomic mass is 9.73. The predicted molar refractivity (Wildman–Crippen MR) is 104 cm³/mol. The number of hydrogen-bond donors (Lipinski definition) is 0. The van der Waals surface area contributed by atoms with Gasteiger partial charge in [-0.05, 0) is 48.2 Å². The number of rotatable bonds is 4. The van der Waals surface area contributed by atoms with E-state index >= 15 is 0 Å². The van der Waals surface area contributed by atoms with Gasteiger partial charge in [-0.25, -0.2) is 0 Å². The highest BCUT2D eigenvalue weighted by Crippen LogP contribution is 2.37. The molecule has 1 saturated heterocycles. The van der Waals surface area contributed by atoms with Gasteiger partial charge in [0.15, 0.2) is 0 Å². The van der Waals surface area contributed by atoms with Crippen molar-refractivity contribution in [1.29, 1.82) is 0 Å². The summed E-state index contributed by atoms with van der Waals surface area (Å²) in [6.45, 7) is 1.75. The summed E-state index contributed by atoms with van der Waals surface area (Å²) >= 11 is 9.54. The number of amides is 1. The van der Waals surface area contributed by atoms with E-state index in [1.165, 1.54) is 0 Å². The maximum absolute atomic E-state index is 13.4. The maximum atomic E-state index is 13.4. The van der Waals surface area contributed by atoms with E-state index in [4.69, 9.17) is 16.3 Å². The Morgan fingerprint density at radius 1 is 1.20 bits per heavy atom. The van der Waals surface area contributed by atoms with E-state index in [1.807, 2.05) is 55.6 Å². The smallest absolute Gasteiger partial charge is 0.233 e. The van der Waals surface area contributed by atoms with Gasteiger partial charge in [-0.3, -0.25) is 4.79 Å². The standard InChI is InChI=1S/C20H21BrClNO2/c1-23(14-15-3-2-4-18(22)13-15)19(24)20(9-11-25-12-10-20)16-5-7-17(21)8-6-16/h2-8,13H,9-12,14H2,1H3. The van der Waals surface area contributed by atoms with Crippen molar-refractivity contribution in [2.75, 3.05) is 20.3 Å². The van der Waals surface area contributed by atoms with Crippen LogP contribution in [0.25, 0.3) is 0 Å². The number of nitrogens with zero attached hydrogens (tertiary/aromatic N) is 1. The van der Waals surface area contributed by atoms with Crippen LogP contribution in [0.3, 0.4) is 0 Å². The molecule has 0 bridgehead atoms. The fourth-order valence-corrected chi connectivity index (χ4v) is 3.94. The molecule has 1 aliphatic heterocycles. The van der Waals surface area contributed by atoms with Crippen molar-refractivity contribution in [3.05, 3.63) is 69.2 Å². The molecule has 3 nitrogen and oxygen atoms in total. The largest absolute Gasteiger partial charge is 0.381 e. The van der Waals surface area contributed by atoms with Gasteiger partial charge in [0.2, 0.25) is 5.91 Å². The van der Waals surface area contributed by atoms with Gasteiger partial charge in [0.1, 0.15) is 0 Å². The third kappa shape index (κ3) is 4.08. The minimum absolute atomic E-state index is 0.137. The van der Waals surface area contributed by atoms with Crippen molar-refractivity contribution < 1.29 is 9.53 Å². The van der Waals surface area contributed by atoms with E-state index < -0.39 is 5.41 Å². The summed E-state index contributed by atoms with van der Waals surface area (Å²) in [4.78, 5) is 15.2. The maximum Gasteiger partial charge on any atom is 0.233 e. The molecule has 2 aromatic carbocycles. The summed E-state index contributed by atoms with van der Waals surface area (Å²) < 4.78 is 6.55. The molecule has 0 aliphatic carbocycles. The predicted octanol–water partition coefficient (Wildman–Crippen LogP) is 4.81. The Bertz CT molecular complexity index is 742. The second kappa shape index (κ2) is 7.90. The normalized spacial score (nSPS) is 16.4. The highest BCUT2D eigenvalue weighted by atomic mass is 79.9. The molecule has 0 saturated carbocycles. The van der Waals surface area contributed by atoms with E-state index in [2.05, 4.69) is 15.9 Å². The fraction of sp³-hybridized carbons (Fsp3) is 0.350. The van der Waals surface area contributed by atoms with Gasteiger partial charge < -0.3 is 9.64 Å². The first-order valence-corrected chi connectivity index (χ1v) is 9.52. The van der Waals surface area contributed by atoms with Gasteiger partial charge in [-0.15, -0.1) is 0 Å². The molecule has 1 heterocycles. The molecule has 1 fully saturated rings. The molecule has 0 unspecified atom stereocenters. The Morgan fingerprint density at radius 3 is 2.52 bits per heavy atom. The molecule has 0 aromatic heterocycles. The Labute approximate surface area is 162 Å². The van der Waals surface area contributed by atoms with Crippen LogP contribution in [0.1, 0.15) is 24.0 Å². The van der Waals surface area contributed by atoms with Gasteiger partial charge in [0, 0.05) is 36.3 Å². The molecule has 132 valence electrons. The highest BCUT2D eigenvalue weighted by molar-refractivity contribution is 9.10. The van der Waals surface area contributed by atoms with Crippen LogP contribution in [0.15, 0.2) is 53.0 Å². The molecule has 3 rings (SSSR count). The zero-order valence-corrected chi connectivity index (χ0v) is 16.5. The Hall–Kier alpha value is -1.36. The quantitative estimate of drug-likeness (QED) is 0.707. The van der Waals surface area contributed by atoms with Gasteiger partial charge >= 0.3 is 0 Å². The van der Waals surface area contributed by atoms with Crippen LogP contribution < -0.4 is 0 Å². The van der Waals surface area contributed by atoms with Crippen LogP contribution in [-0.4, -0.2) is 31.1 Å². The number of benzene rings is 2. The van der Waals surface area contributed by atoms with Crippen molar-refractivity contribution in [2.24, 2.45) is 0 Å². The Balaban J connectivity index is 1.87. The molecular weight excluding hydrogens is 402 g/mol. The first-order chi connectivity index (χ1) is 12.0. The lowest BCUT2D eigenvalue weighted by Gasteiger charge is -2.39. The first-order valence-electron chi connectivity index (χ1n) is 8.35. The van der Waals surface area contributed by atoms with Crippen molar-refractivity contribution in [1.82, 2.24) is 4.90 Å². The van der Waals surface area contributed by atoms with Gasteiger partial charge in [-0.1, -0.05) is 51.8 Å². The van der Waals surface area contributed by atoms with Crippen LogP contribution in [-0.2, 0) is 21.5 Å². The van der Waals surface area contributed by atoms with E-state index in [9.17, 15) is 4.79 Å². The Morgan fingerprint density at radius 2 is 1.88 bits per heavy atom. The van der Waals surface area contributed by atoms with Crippen molar-refractivity contribution in [3.63, 3.8) is 0 Å². The van der Waals surface area contributed by atoms with Crippen molar-refractivity contribution in [3.8, 4) is 0 Å². The number of hydrogen-bond acceptors (Lipinski definition) is 2. The minimum Gasteiger partial charge on any atom is -0.381 e. The van der Waals surface area contributed by atoms with Crippen LogP contribution in [0, 0.1) is 0 Å². The average molecular weight is 423 g/mol. The van der Waals surface area contributed by atoms with Gasteiger partial charge in [0.25, 0.3) is 0 Å². The monoisotopic (exact) mass is 421 g/mol. The third-order valence-electron chi connectivity index (χ3n) is 4.81. The minimum atomic E-state index is -0.522. The first kappa shape index (κ1) is 18.4. The van der Waals surface area contributed by atoms with Gasteiger partial charge in [0.05, 0.1) is 5.41 Å². The summed E-state index contributed by atoms with van der Waals surface area (Å²) in [5.74, 6) is 0.137. The zero-order chi connectivity index (χ0) is 17.9. The highest BCUT2D eigenvalue weighted by Gasteiger charge is 2.43. The number of carbonyl (C=O) groups excluding carboxylic acids is 1. The number of halogens is 2. The number of ether oxygens (including phenoxy) is 1. The summed E-state index contributed by atoms with van der Waals surface area (Å²) in [6.07, 6.45) is 1.40. The second-order valence-corrected chi connectivity index (χ2v) is 7.84. The van der Waals surface area contributed by atoms with E-state index in [0.29, 0.717) is 37.6 Å². The van der Waals surface area contributed by atoms with Crippen LogP contribution in [0.4, 0.5) is 0 Å². The molecular formula is C20H21BrClNO2. The van der Waals surface area contributed by atoms with Crippen molar-refractivity contribution >= 4 is 33.4 Å². The third-order valence-corrected chi connectivity index (χ3v) is 5.57. The molecule has 1 amide bonds. The molecule has 0 radical (unpaired) electrons. The lowest BCUT2D eigenvalue weighted by Crippen LogP contribution is -2.48. The molecule has 2 aromatic rings. The SMILES string of the molecule is CN(Cc1cccc(Cl)c1)C(=O)C1(c2ccc(Br)cc2)CCOCC1. The molecule has 5 heteroatoms. The van der Waals surface area contributed by atoms with Crippen LogP contribution in [0.5, 0.6) is 0 Å². The van der Waals surface area contributed by atoms with Gasteiger partial charge in [-0.2, -0.15) is 0 Å². The number of carbonyl (C=O) groups is 1. The molecule has 25 heavy (non-hydrogen) atoms.